The molecule has 0 fully saturated rings. The first-order chi connectivity index (χ1) is 15.0. The predicted octanol–water partition coefficient (Wildman–Crippen LogP) is 5.76. The number of ether oxygens (including phenoxy) is 1. The van der Waals surface area contributed by atoms with E-state index in [4.69, 9.17) is 4.74 Å². The molecule has 0 atom stereocenters. The fraction of sp³-hybridized carbons (Fsp3) is 0.200. The van der Waals surface area contributed by atoms with Gasteiger partial charge in [-0.15, -0.1) is 0 Å². The van der Waals surface area contributed by atoms with E-state index in [0.717, 1.165) is 16.5 Å². The number of rotatable bonds is 8. The van der Waals surface area contributed by atoms with Crippen LogP contribution in [0.4, 0.5) is 5.69 Å². The third kappa shape index (κ3) is 5.95. The van der Waals surface area contributed by atoms with Gasteiger partial charge in [-0.25, -0.2) is 0 Å². The van der Waals surface area contributed by atoms with E-state index >= 15 is 0 Å². The molecule has 2 amide bonds. The Labute approximate surface area is 191 Å². The van der Waals surface area contributed by atoms with Crippen molar-refractivity contribution in [2.24, 2.45) is 0 Å². The number of halogens is 1. The van der Waals surface area contributed by atoms with Gasteiger partial charge in [0.25, 0.3) is 11.8 Å². The van der Waals surface area contributed by atoms with Crippen LogP contribution in [-0.4, -0.2) is 30.4 Å². The molecule has 3 aromatic carbocycles. The lowest BCUT2D eigenvalue weighted by atomic mass is 10.1. The van der Waals surface area contributed by atoms with Gasteiger partial charge in [0.1, 0.15) is 5.75 Å². The predicted molar refractivity (Wildman–Crippen MR) is 127 cm³/mol. The van der Waals surface area contributed by atoms with Crippen LogP contribution in [0.15, 0.2) is 77.3 Å². The average molecular weight is 481 g/mol. The maximum atomic E-state index is 13.1. The molecule has 0 heterocycles. The fourth-order valence-corrected chi connectivity index (χ4v) is 3.48. The monoisotopic (exact) mass is 480 g/mol. The molecule has 160 valence electrons. The maximum absolute atomic E-state index is 13.1. The maximum Gasteiger partial charge on any atom is 0.259 e. The van der Waals surface area contributed by atoms with Crippen LogP contribution in [0.3, 0.4) is 0 Å². The van der Waals surface area contributed by atoms with Gasteiger partial charge in [0.05, 0.1) is 23.4 Å². The molecule has 0 radical (unpaired) electrons. The van der Waals surface area contributed by atoms with Crippen molar-refractivity contribution in [1.82, 2.24) is 4.90 Å². The number of carbonyl (C=O) groups excluding carboxylic acids is 2. The quantitative estimate of drug-likeness (QED) is 0.445. The molecule has 0 saturated carbocycles. The van der Waals surface area contributed by atoms with Gasteiger partial charge in [-0.05, 0) is 42.3 Å². The number of hydrogen-bond donors (Lipinski definition) is 1. The first kappa shape index (κ1) is 22.6. The summed E-state index contributed by atoms with van der Waals surface area (Å²) in [4.78, 5) is 27.8. The van der Waals surface area contributed by atoms with Gasteiger partial charge < -0.3 is 15.0 Å². The smallest absolute Gasteiger partial charge is 0.259 e. The lowest BCUT2D eigenvalue weighted by Crippen LogP contribution is -2.27. The molecule has 0 spiro atoms. The van der Waals surface area contributed by atoms with Crippen LogP contribution in [0.1, 0.15) is 39.6 Å². The van der Waals surface area contributed by atoms with E-state index in [-0.39, 0.29) is 11.8 Å². The SMILES string of the molecule is CCCOc1ccc(Br)cc1C(=O)Nc1ccccc1C(=O)N(C)Cc1ccccc1. The molecular formula is C25H25BrN2O3. The summed E-state index contributed by atoms with van der Waals surface area (Å²) in [5.74, 6) is 0.00219. The Balaban J connectivity index is 1.81. The molecule has 3 rings (SSSR count). The van der Waals surface area contributed by atoms with E-state index < -0.39 is 0 Å². The zero-order chi connectivity index (χ0) is 22.2. The molecule has 0 unspecified atom stereocenters. The van der Waals surface area contributed by atoms with E-state index in [1.54, 1.807) is 48.3 Å². The van der Waals surface area contributed by atoms with Crippen molar-refractivity contribution in [1.29, 1.82) is 0 Å². The van der Waals surface area contributed by atoms with E-state index in [1.165, 1.54) is 0 Å². The zero-order valence-corrected chi connectivity index (χ0v) is 19.2. The fourth-order valence-electron chi connectivity index (χ4n) is 3.12. The second-order valence-corrected chi connectivity index (χ2v) is 8.05. The molecule has 0 saturated heterocycles. The number of hydrogen-bond acceptors (Lipinski definition) is 3. The summed E-state index contributed by atoms with van der Waals surface area (Å²) >= 11 is 3.41. The van der Waals surface area contributed by atoms with Crippen molar-refractivity contribution in [2.45, 2.75) is 19.9 Å². The molecule has 1 N–H and O–H groups in total. The number of benzene rings is 3. The highest BCUT2D eigenvalue weighted by atomic mass is 79.9. The molecule has 3 aromatic rings. The summed E-state index contributed by atoms with van der Waals surface area (Å²) in [5.41, 5.74) is 2.33. The highest BCUT2D eigenvalue weighted by molar-refractivity contribution is 9.10. The van der Waals surface area contributed by atoms with E-state index in [1.807, 2.05) is 43.3 Å². The normalized spacial score (nSPS) is 10.4. The number of anilines is 1. The Kier molecular flexibility index (Phi) is 7.84. The Morgan fingerprint density at radius 1 is 0.968 bits per heavy atom. The Morgan fingerprint density at radius 3 is 2.42 bits per heavy atom. The van der Waals surface area contributed by atoms with Crippen LogP contribution in [0.25, 0.3) is 0 Å². The third-order valence-corrected chi connectivity index (χ3v) is 5.16. The van der Waals surface area contributed by atoms with Gasteiger partial charge in [-0.3, -0.25) is 9.59 Å². The van der Waals surface area contributed by atoms with Crippen LogP contribution < -0.4 is 10.1 Å². The summed E-state index contributed by atoms with van der Waals surface area (Å²) in [5, 5.41) is 2.88. The van der Waals surface area contributed by atoms with Crippen molar-refractivity contribution >= 4 is 33.4 Å². The second-order valence-electron chi connectivity index (χ2n) is 7.14. The Bertz CT molecular complexity index is 1050. The van der Waals surface area contributed by atoms with Gasteiger partial charge >= 0.3 is 0 Å². The summed E-state index contributed by atoms with van der Waals surface area (Å²) in [6.45, 7) is 3.00. The zero-order valence-electron chi connectivity index (χ0n) is 17.6. The molecule has 0 aliphatic heterocycles. The van der Waals surface area contributed by atoms with Gasteiger partial charge in [0, 0.05) is 18.1 Å². The first-order valence-corrected chi connectivity index (χ1v) is 10.9. The molecule has 0 aromatic heterocycles. The van der Waals surface area contributed by atoms with Crippen LogP contribution >= 0.6 is 15.9 Å². The average Bonchev–Trinajstić information content (AvgIpc) is 2.78. The minimum atomic E-state index is -0.335. The first-order valence-electron chi connectivity index (χ1n) is 10.1. The Hall–Kier alpha value is -3.12. The van der Waals surface area contributed by atoms with Gasteiger partial charge in [0.2, 0.25) is 0 Å². The molecule has 5 nitrogen and oxygen atoms in total. The molecule has 6 heteroatoms. The van der Waals surface area contributed by atoms with Crippen LogP contribution in [0.5, 0.6) is 5.75 Å². The standard InChI is InChI=1S/C25H25BrN2O3/c1-3-15-31-23-14-13-19(26)16-21(23)24(29)27-22-12-8-7-11-20(22)25(30)28(2)17-18-9-5-4-6-10-18/h4-14,16H,3,15,17H2,1-2H3,(H,27,29). The minimum absolute atomic E-state index is 0.170. The molecule has 0 aliphatic rings. The molecule has 31 heavy (non-hydrogen) atoms. The van der Waals surface area contributed by atoms with Crippen molar-refractivity contribution in [3.05, 3.63) is 94.0 Å². The largest absolute Gasteiger partial charge is 0.493 e. The summed E-state index contributed by atoms with van der Waals surface area (Å²) in [6.07, 6.45) is 0.836. The van der Waals surface area contributed by atoms with Crippen molar-refractivity contribution in [2.75, 3.05) is 19.0 Å². The van der Waals surface area contributed by atoms with Gasteiger partial charge in [0.15, 0.2) is 0 Å². The van der Waals surface area contributed by atoms with Gasteiger partial charge in [-0.1, -0.05) is 65.3 Å². The van der Waals surface area contributed by atoms with E-state index in [2.05, 4.69) is 21.2 Å². The van der Waals surface area contributed by atoms with Gasteiger partial charge in [-0.2, -0.15) is 0 Å². The van der Waals surface area contributed by atoms with Crippen molar-refractivity contribution in [3.8, 4) is 5.75 Å². The topological polar surface area (TPSA) is 58.6 Å². The number of nitrogens with one attached hydrogen (secondary N) is 1. The Morgan fingerprint density at radius 2 is 1.68 bits per heavy atom. The summed E-state index contributed by atoms with van der Waals surface area (Å²) < 4.78 is 6.50. The lowest BCUT2D eigenvalue weighted by molar-refractivity contribution is 0.0786. The second kappa shape index (κ2) is 10.8. The number of nitrogens with zero attached hydrogens (tertiary/aromatic N) is 1. The highest BCUT2D eigenvalue weighted by Gasteiger charge is 2.19. The summed E-state index contributed by atoms with van der Waals surface area (Å²) in [7, 11) is 1.75. The summed E-state index contributed by atoms with van der Waals surface area (Å²) in [6, 6.07) is 22.1. The number of carbonyl (C=O) groups is 2. The number of para-hydroxylation sites is 1. The molecule has 0 bridgehead atoms. The molecular weight excluding hydrogens is 456 g/mol. The van der Waals surface area contributed by atoms with Crippen LogP contribution in [-0.2, 0) is 6.54 Å². The highest BCUT2D eigenvalue weighted by Crippen LogP contribution is 2.26. The third-order valence-electron chi connectivity index (χ3n) is 4.66. The van der Waals surface area contributed by atoms with Crippen molar-refractivity contribution < 1.29 is 14.3 Å². The number of amides is 2. The van der Waals surface area contributed by atoms with Crippen LogP contribution in [0.2, 0.25) is 0 Å². The van der Waals surface area contributed by atoms with E-state index in [9.17, 15) is 9.59 Å². The van der Waals surface area contributed by atoms with Crippen LogP contribution in [0, 0.1) is 0 Å². The molecule has 0 aliphatic carbocycles. The minimum Gasteiger partial charge on any atom is -0.493 e. The van der Waals surface area contributed by atoms with E-state index in [0.29, 0.717) is 35.7 Å². The van der Waals surface area contributed by atoms with Crippen molar-refractivity contribution in [3.63, 3.8) is 0 Å². The lowest BCUT2D eigenvalue weighted by Gasteiger charge is -2.20.